The smallest absolute Gasteiger partial charge is 0.0945 e. The molecule has 0 bridgehead atoms. The van der Waals surface area contributed by atoms with Crippen LogP contribution in [0.5, 0.6) is 0 Å². The van der Waals surface area contributed by atoms with Crippen molar-refractivity contribution in [2.45, 2.75) is 6.10 Å². The van der Waals surface area contributed by atoms with Crippen molar-refractivity contribution in [3.8, 4) is 0 Å². The van der Waals surface area contributed by atoms with Gasteiger partial charge in [0.05, 0.1) is 12.7 Å². The van der Waals surface area contributed by atoms with E-state index in [9.17, 15) is 5.11 Å². The van der Waals surface area contributed by atoms with Gasteiger partial charge in [-0.3, -0.25) is 0 Å². The van der Waals surface area contributed by atoms with E-state index in [1.165, 1.54) is 10.8 Å². The molecule has 2 rings (SSSR count). The second kappa shape index (κ2) is 6.18. The molecule has 0 fully saturated rings. The van der Waals surface area contributed by atoms with Crippen molar-refractivity contribution in [3.05, 3.63) is 40.9 Å². The van der Waals surface area contributed by atoms with Crippen molar-refractivity contribution in [3.63, 3.8) is 0 Å². The third kappa shape index (κ3) is 3.45. The molecule has 96 valence electrons. The highest BCUT2D eigenvalue weighted by molar-refractivity contribution is 9.10. The Hall–Kier alpha value is -1.10. The van der Waals surface area contributed by atoms with E-state index in [1.807, 2.05) is 12.1 Å². The van der Waals surface area contributed by atoms with E-state index in [4.69, 9.17) is 4.74 Å². The molecule has 3 nitrogen and oxygen atoms in total. The van der Waals surface area contributed by atoms with Crippen LogP contribution in [-0.2, 0) is 4.74 Å². The minimum absolute atomic E-state index is 0.341. The molecule has 2 aromatic carbocycles. The molecule has 0 aliphatic heterocycles. The van der Waals surface area contributed by atoms with E-state index in [-0.39, 0.29) is 0 Å². The fraction of sp³-hybridized carbons (Fsp3) is 0.286. The fourth-order valence-corrected chi connectivity index (χ4v) is 2.19. The van der Waals surface area contributed by atoms with Crippen LogP contribution in [0.3, 0.4) is 0 Å². The third-order valence-electron chi connectivity index (χ3n) is 2.70. The Balaban J connectivity index is 2.08. The summed E-state index contributed by atoms with van der Waals surface area (Å²) in [7, 11) is 1.58. The normalized spacial score (nSPS) is 12.6. The number of halogens is 1. The van der Waals surface area contributed by atoms with Gasteiger partial charge in [0.15, 0.2) is 0 Å². The second-order valence-corrected chi connectivity index (χ2v) is 5.11. The topological polar surface area (TPSA) is 41.5 Å². The van der Waals surface area contributed by atoms with Crippen LogP contribution in [0.25, 0.3) is 10.8 Å². The van der Waals surface area contributed by atoms with Gasteiger partial charge in [0.2, 0.25) is 0 Å². The molecule has 1 unspecified atom stereocenters. The Bertz CT molecular complexity index is 530. The van der Waals surface area contributed by atoms with Gasteiger partial charge in [-0.25, -0.2) is 0 Å². The molecule has 0 aromatic heterocycles. The molecule has 2 aromatic rings. The standard InChI is InChI=1S/C14H16BrNO2/c1-18-9-14(17)8-16-13-5-3-10-6-12(15)4-2-11(10)7-13/h2-7,14,16-17H,8-9H2,1H3. The maximum atomic E-state index is 9.57. The molecule has 0 saturated carbocycles. The summed E-state index contributed by atoms with van der Waals surface area (Å²) in [5, 5.41) is 15.1. The predicted molar refractivity (Wildman–Crippen MR) is 78.0 cm³/mol. The fourth-order valence-electron chi connectivity index (χ4n) is 1.81. The van der Waals surface area contributed by atoms with Gasteiger partial charge in [0, 0.05) is 23.8 Å². The summed E-state index contributed by atoms with van der Waals surface area (Å²) < 4.78 is 5.96. The number of ether oxygens (including phenoxy) is 1. The maximum absolute atomic E-state index is 9.57. The molecule has 0 amide bonds. The van der Waals surface area contributed by atoms with Gasteiger partial charge in [-0.1, -0.05) is 28.1 Å². The number of hydrogen-bond acceptors (Lipinski definition) is 3. The predicted octanol–water partition coefficient (Wildman–Crippen LogP) is 3.02. The Labute approximate surface area is 115 Å². The molecule has 0 heterocycles. The van der Waals surface area contributed by atoms with Gasteiger partial charge in [-0.2, -0.15) is 0 Å². The third-order valence-corrected chi connectivity index (χ3v) is 3.20. The van der Waals surface area contributed by atoms with E-state index >= 15 is 0 Å². The van der Waals surface area contributed by atoms with Gasteiger partial charge in [-0.15, -0.1) is 0 Å². The van der Waals surface area contributed by atoms with E-state index in [2.05, 4.69) is 45.5 Å². The van der Waals surface area contributed by atoms with Crippen LogP contribution in [0.15, 0.2) is 40.9 Å². The van der Waals surface area contributed by atoms with Crippen LogP contribution in [0.4, 0.5) is 5.69 Å². The number of anilines is 1. The number of aliphatic hydroxyl groups is 1. The first-order valence-electron chi connectivity index (χ1n) is 5.79. The number of fused-ring (bicyclic) bond motifs is 1. The molecule has 0 radical (unpaired) electrons. The first-order chi connectivity index (χ1) is 8.69. The van der Waals surface area contributed by atoms with Gasteiger partial charge in [0.1, 0.15) is 0 Å². The number of benzene rings is 2. The lowest BCUT2D eigenvalue weighted by atomic mass is 10.1. The summed E-state index contributed by atoms with van der Waals surface area (Å²) >= 11 is 3.46. The Morgan fingerprint density at radius 1 is 1.22 bits per heavy atom. The van der Waals surface area contributed by atoms with E-state index in [0.717, 1.165) is 10.2 Å². The number of aliphatic hydroxyl groups excluding tert-OH is 1. The average Bonchev–Trinajstić information content (AvgIpc) is 2.36. The zero-order chi connectivity index (χ0) is 13.0. The van der Waals surface area contributed by atoms with Crippen molar-refractivity contribution >= 4 is 32.4 Å². The van der Waals surface area contributed by atoms with E-state index < -0.39 is 6.10 Å². The second-order valence-electron chi connectivity index (χ2n) is 4.20. The summed E-state index contributed by atoms with van der Waals surface area (Å²) in [5.41, 5.74) is 1.000. The molecule has 4 heteroatoms. The van der Waals surface area contributed by atoms with Gasteiger partial charge in [0.25, 0.3) is 0 Å². The first kappa shape index (κ1) is 13.3. The van der Waals surface area contributed by atoms with Crippen molar-refractivity contribution < 1.29 is 9.84 Å². The molecule has 0 aliphatic carbocycles. The van der Waals surface area contributed by atoms with Crippen LogP contribution < -0.4 is 5.32 Å². The van der Waals surface area contributed by atoms with E-state index in [0.29, 0.717) is 13.2 Å². The number of rotatable bonds is 5. The van der Waals surface area contributed by atoms with Crippen molar-refractivity contribution in [1.29, 1.82) is 0 Å². The summed E-state index contributed by atoms with van der Waals surface area (Å²) in [4.78, 5) is 0. The summed E-state index contributed by atoms with van der Waals surface area (Å²) in [6.45, 7) is 0.823. The molecular weight excluding hydrogens is 294 g/mol. The highest BCUT2D eigenvalue weighted by Gasteiger charge is 2.03. The monoisotopic (exact) mass is 309 g/mol. The van der Waals surface area contributed by atoms with Gasteiger partial charge in [-0.05, 0) is 35.0 Å². The summed E-state index contributed by atoms with van der Waals surface area (Å²) in [6, 6.07) is 12.3. The van der Waals surface area contributed by atoms with Crippen molar-refractivity contribution in [2.24, 2.45) is 0 Å². The zero-order valence-corrected chi connectivity index (χ0v) is 11.8. The van der Waals surface area contributed by atoms with Crippen molar-refractivity contribution in [1.82, 2.24) is 0 Å². The molecule has 1 atom stereocenters. The Morgan fingerprint density at radius 3 is 2.72 bits per heavy atom. The Morgan fingerprint density at radius 2 is 1.94 bits per heavy atom. The van der Waals surface area contributed by atoms with Crippen LogP contribution in [0, 0.1) is 0 Å². The lowest BCUT2D eigenvalue weighted by Gasteiger charge is -2.12. The first-order valence-corrected chi connectivity index (χ1v) is 6.58. The lowest BCUT2D eigenvalue weighted by Crippen LogP contribution is -2.24. The minimum Gasteiger partial charge on any atom is -0.389 e. The lowest BCUT2D eigenvalue weighted by molar-refractivity contribution is 0.0727. The number of hydrogen-bond donors (Lipinski definition) is 2. The molecule has 0 spiro atoms. The quantitative estimate of drug-likeness (QED) is 0.892. The highest BCUT2D eigenvalue weighted by atomic mass is 79.9. The van der Waals surface area contributed by atoms with Crippen molar-refractivity contribution in [2.75, 3.05) is 25.6 Å². The van der Waals surface area contributed by atoms with Crippen LogP contribution in [0.2, 0.25) is 0 Å². The number of methoxy groups -OCH3 is 1. The molecular formula is C14H16BrNO2. The average molecular weight is 310 g/mol. The molecule has 0 saturated heterocycles. The summed E-state index contributed by atoms with van der Waals surface area (Å²) in [5.74, 6) is 0. The largest absolute Gasteiger partial charge is 0.389 e. The van der Waals surface area contributed by atoms with Gasteiger partial charge < -0.3 is 15.2 Å². The Kier molecular flexibility index (Phi) is 4.58. The SMILES string of the molecule is COCC(O)CNc1ccc2cc(Br)ccc2c1. The van der Waals surface area contributed by atoms with Gasteiger partial charge >= 0.3 is 0 Å². The molecule has 18 heavy (non-hydrogen) atoms. The van der Waals surface area contributed by atoms with Crippen LogP contribution in [-0.4, -0.2) is 31.5 Å². The highest BCUT2D eigenvalue weighted by Crippen LogP contribution is 2.22. The summed E-state index contributed by atoms with van der Waals surface area (Å²) in [6.07, 6.45) is -0.490. The minimum atomic E-state index is -0.490. The molecule has 2 N–H and O–H groups in total. The van der Waals surface area contributed by atoms with E-state index in [1.54, 1.807) is 7.11 Å². The van der Waals surface area contributed by atoms with Crippen LogP contribution in [0.1, 0.15) is 0 Å². The zero-order valence-electron chi connectivity index (χ0n) is 10.2. The van der Waals surface area contributed by atoms with Crippen LogP contribution >= 0.6 is 15.9 Å². The maximum Gasteiger partial charge on any atom is 0.0945 e. The number of nitrogens with one attached hydrogen (secondary N) is 1. The molecule has 0 aliphatic rings.